The van der Waals surface area contributed by atoms with Crippen LogP contribution in [0, 0.1) is 0 Å². The van der Waals surface area contributed by atoms with E-state index in [1.165, 1.54) is 0 Å². The van der Waals surface area contributed by atoms with Gasteiger partial charge in [0, 0.05) is 24.3 Å². The Labute approximate surface area is 118 Å². The first-order chi connectivity index (χ1) is 9.31. The van der Waals surface area contributed by atoms with Gasteiger partial charge in [0.25, 0.3) is 0 Å². The molecule has 0 amide bonds. The van der Waals surface area contributed by atoms with E-state index in [0.29, 0.717) is 0 Å². The van der Waals surface area contributed by atoms with Crippen molar-refractivity contribution >= 4 is 22.7 Å². The first-order valence-electron chi connectivity index (χ1n) is 6.71. The molecule has 1 heterocycles. The number of aliphatic hydroxyl groups excluding tert-OH is 1. The van der Waals surface area contributed by atoms with Gasteiger partial charge in [-0.2, -0.15) is 11.8 Å². The highest BCUT2D eigenvalue weighted by Gasteiger charge is 2.10. The van der Waals surface area contributed by atoms with E-state index in [9.17, 15) is 0 Å². The zero-order valence-corrected chi connectivity index (χ0v) is 12.1. The van der Waals surface area contributed by atoms with Gasteiger partial charge in [-0.25, -0.2) is 0 Å². The summed E-state index contributed by atoms with van der Waals surface area (Å²) in [5.41, 5.74) is 0.948. The van der Waals surface area contributed by atoms with Gasteiger partial charge in [0.05, 0.1) is 6.04 Å². The molecule has 1 aromatic heterocycles. The number of para-hydroxylation sites is 1. The minimum Gasteiger partial charge on any atom is -0.459 e. The fraction of sp³-hybridized carbons (Fsp3) is 0.467. The topological polar surface area (TPSA) is 45.4 Å². The Hall–Kier alpha value is -0.970. The maximum atomic E-state index is 8.69. The van der Waals surface area contributed by atoms with Crippen molar-refractivity contribution in [1.82, 2.24) is 5.32 Å². The van der Waals surface area contributed by atoms with Crippen molar-refractivity contribution in [3.8, 4) is 0 Å². The summed E-state index contributed by atoms with van der Waals surface area (Å²) in [5, 5.41) is 13.3. The van der Waals surface area contributed by atoms with Gasteiger partial charge < -0.3 is 14.8 Å². The van der Waals surface area contributed by atoms with E-state index in [-0.39, 0.29) is 12.6 Å². The Bertz CT molecular complexity index is 465. The maximum Gasteiger partial charge on any atom is 0.134 e. The predicted octanol–water partition coefficient (Wildman–Crippen LogP) is 3.20. The first-order valence-corrected chi connectivity index (χ1v) is 7.87. The van der Waals surface area contributed by atoms with Crippen LogP contribution in [0.15, 0.2) is 34.7 Å². The second kappa shape index (κ2) is 7.58. The molecule has 0 aliphatic heterocycles. The van der Waals surface area contributed by atoms with Crippen molar-refractivity contribution in [1.29, 1.82) is 0 Å². The Balaban J connectivity index is 1.78. The molecule has 4 heteroatoms. The minimum absolute atomic E-state index is 0.228. The van der Waals surface area contributed by atoms with E-state index in [4.69, 9.17) is 9.52 Å². The summed E-state index contributed by atoms with van der Waals surface area (Å²) in [6, 6.07) is 10.4. The summed E-state index contributed by atoms with van der Waals surface area (Å²) in [6.45, 7) is 3.36. The lowest BCUT2D eigenvalue weighted by atomic mass is 10.2. The average Bonchev–Trinajstić information content (AvgIpc) is 2.86. The largest absolute Gasteiger partial charge is 0.459 e. The monoisotopic (exact) mass is 279 g/mol. The van der Waals surface area contributed by atoms with Crippen LogP contribution in [0.2, 0.25) is 0 Å². The zero-order valence-electron chi connectivity index (χ0n) is 11.3. The average molecular weight is 279 g/mol. The summed E-state index contributed by atoms with van der Waals surface area (Å²) in [7, 11) is 0. The molecule has 2 aromatic rings. The SMILES string of the molecule is CC(NCCSCCCO)c1cc2ccccc2o1. The lowest BCUT2D eigenvalue weighted by molar-refractivity contribution is 0.296. The van der Waals surface area contributed by atoms with E-state index >= 15 is 0 Å². The molecule has 0 aliphatic carbocycles. The smallest absolute Gasteiger partial charge is 0.134 e. The number of fused-ring (bicyclic) bond motifs is 1. The molecule has 19 heavy (non-hydrogen) atoms. The Morgan fingerprint density at radius 2 is 2.16 bits per heavy atom. The van der Waals surface area contributed by atoms with Crippen LogP contribution in [0.1, 0.15) is 25.1 Å². The summed E-state index contributed by atoms with van der Waals surface area (Å²) in [4.78, 5) is 0. The van der Waals surface area contributed by atoms with Gasteiger partial charge >= 0.3 is 0 Å². The molecule has 1 unspecified atom stereocenters. The molecule has 2 N–H and O–H groups in total. The summed E-state index contributed by atoms with van der Waals surface area (Å²) >= 11 is 1.87. The molecule has 2 rings (SSSR count). The Morgan fingerprint density at radius 3 is 2.95 bits per heavy atom. The second-order valence-corrected chi connectivity index (χ2v) is 5.78. The van der Waals surface area contributed by atoms with Gasteiger partial charge in [-0.1, -0.05) is 18.2 Å². The quantitative estimate of drug-likeness (QED) is 0.728. The second-order valence-electron chi connectivity index (χ2n) is 4.55. The van der Waals surface area contributed by atoms with Gasteiger partial charge in [-0.15, -0.1) is 0 Å². The zero-order chi connectivity index (χ0) is 13.5. The molecular formula is C15H21NO2S. The molecule has 0 fully saturated rings. The van der Waals surface area contributed by atoms with E-state index in [1.807, 2.05) is 30.0 Å². The Kier molecular flexibility index (Phi) is 5.76. The van der Waals surface area contributed by atoms with Crippen LogP contribution < -0.4 is 5.32 Å². The molecule has 1 aromatic carbocycles. The number of rotatable bonds is 8. The molecular weight excluding hydrogens is 258 g/mol. The van der Waals surface area contributed by atoms with Crippen molar-refractivity contribution in [2.75, 3.05) is 24.7 Å². The van der Waals surface area contributed by atoms with Gasteiger partial charge in [0.2, 0.25) is 0 Å². The van der Waals surface area contributed by atoms with Crippen LogP contribution in [0.25, 0.3) is 11.0 Å². The van der Waals surface area contributed by atoms with Crippen LogP contribution in [-0.4, -0.2) is 29.8 Å². The normalized spacial score (nSPS) is 12.9. The van der Waals surface area contributed by atoms with Crippen LogP contribution in [0.3, 0.4) is 0 Å². The highest BCUT2D eigenvalue weighted by atomic mass is 32.2. The Morgan fingerprint density at radius 1 is 1.32 bits per heavy atom. The van der Waals surface area contributed by atoms with Crippen molar-refractivity contribution < 1.29 is 9.52 Å². The van der Waals surface area contributed by atoms with Crippen LogP contribution in [0.4, 0.5) is 0 Å². The third kappa shape index (κ3) is 4.27. The number of benzene rings is 1. The number of furan rings is 1. The van der Waals surface area contributed by atoms with Gasteiger partial charge in [-0.05, 0) is 31.2 Å². The van der Waals surface area contributed by atoms with E-state index in [2.05, 4.69) is 24.4 Å². The number of aliphatic hydroxyl groups is 1. The van der Waals surface area contributed by atoms with E-state index < -0.39 is 0 Å². The van der Waals surface area contributed by atoms with Crippen LogP contribution >= 0.6 is 11.8 Å². The molecule has 104 valence electrons. The summed E-state index contributed by atoms with van der Waals surface area (Å²) in [6.07, 6.45) is 0.879. The minimum atomic E-state index is 0.228. The van der Waals surface area contributed by atoms with E-state index in [0.717, 1.165) is 41.2 Å². The third-order valence-electron chi connectivity index (χ3n) is 3.02. The first kappa shape index (κ1) is 14.4. The lowest BCUT2D eigenvalue weighted by Gasteiger charge is -2.10. The molecule has 0 saturated heterocycles. The highest BCUT2D eigenvalue weighted by Crippen LogP contribution is 2.23. The van der Waals surface area contributed by atoms with Gasteiger partial charge in [-0.3, -0.25) is 0 Å². The summed E-state index contributed by atoms with van der Waals surface area (Å²) in [5.74, 6) is 3.07. The molecule has 0 radical (unpaired) electrons. The molecule has 3 nitrogen and oxygen atoms in total. The number of thioether (sulfide) groups is 1. The van der Waals surface area contributed by atoms with Crippen LogP contribution in [-0.2, 0) is 0 Å². The van der Waals surface area contributed by atoms with Crippen molar-refractivity contribution in [2.24, 2.45) is 0 Å². The highest BCUT2D eigenvalue weighted by molar-refractivity contribution is 7.99. The summed E-state index contributed by atoms with van der Waals surface area (Å²) < 4.78 is 5.82. The number of nitrogens with one attached hydrogen (secondary N) is 1. The van der Waals surface area contributed by atoms with Crippen molar-refractivity contribution in [3.05, 3.63) is 36.1 Å². The molecule has 0 aliphatic rings. The van der Waals surface area contributed by atoms with Crippen molar-refractivity contribution in [2.45, 2.75) is 19.4 Å². The lowest BCUT2D eigenvalue weighted by Crippen LogP contribution is -2.21. The third-order valence-corrected chi connectivity index (χ3v) is 4.09. The molecule has 0 bridgehead atoms. The molecule has 1 atom stereocenters. The number of hydrogen-bond acceptors (Lipinski definition) is 4. The molecule has 0 saturated carbocycles. The fourth-order valence-electron chi connectivity index (χ4n) is 1.93. The molecule has 0 spiro atoms. The standard InChI is InChI=1S/C15H21NO2S/c1-12(16-7-10-19-9-4-8-17)15-11-13-5-2-3-6-14(13)18-15/h2-3,5-6,11-12,16-17H,4,7-10H2,1H3. The van der Waals surface area contributed by atoms with Crippen molar-refractivity contribution in [3.63, 3.8) is 0 Å². The van der Waals surface area contributed by atoms with Crippen LogP contribution in [0.5, 0.6) is 0 Å². The van der Waals surface area contributed by atoms with Gasteiger partial charge in [0.1, 0.15) is 11.3 Å². The van der Waals surface area contributed by atoms with E-state index in [1.54, 1.807) is 0 Å². The fourth-order valence-corrected chi connectivity index (χ4v) is 2.73. The van der Waals surface area contributed by atoms with Gasteiger partial charge in [0.15, 0.2) is 0 Å². The maximum absolute atomic E-state index is 8.69. The number of hydrogen-bond donors (Lipinski definition) is 2. The predicted molar refractivity (Wildman–Crippen MR) is 81.7 cm³/mol.